The lowest BCUT2D eigenvalue weighted by Gasteiger charge is -2.08. The Morgan fingerprint density at radius 1 is 1.33 bits per heavy atom. The second-order valence-electron chi connectivity index (χ2n) is 3.89. The largest absolute Gasteiger partial charge is 0.448 e. The molecule has 0 aliphatic heterocycles. The smallest absolute Gasteiger partial charge is 0.193 e. The average Bonchev–Trinajstić information content (AvgIpc) is 2.57. The molecule has 0 atom stereocenters. The third-order valence-electron chi connectivity index (χ3n) is 2.14. The lowest BCUT2D eigenvalue weighted by molar-refractivity contribution is 0.390. The second kappa shape index (κ2) is 6.88. The Bertz CT molecular complexity index is 273. The van der Waals surface area contributed by atoms with E-state index in [4.69, 9.17) is 16.0 Å². The van der Waals surface area contributed by atoms with Crippen LogP contribution in [0.25, 0.3) is 0 Å². The van der Waals surface area contributed by atoms with Crippen molar-refractivity contribution in [3.8, 4) is 0 Å². The highest BCUT2D eigenvalue weighted by atomic mass is 35.5. The molecule has 86 valence electrons. The van der Waals surface area contributed by atoms with Gasteiger partial charge in [0.2, 0.25) is 0 Å². The van der Waals surface area contributed by atoms with Crippen LogP contribution in [0.15, 0.2) is 16.5 Å². The number of hydrogen-bond donors (Lipinski definition) is 1. The van der Waals surface area contributed by atoms with E-state index in [0.29, 0.717) is 5.22 Å². The molecule has 0 aliphatic rings. The Balaban J connectivity index is 1.98. The minimum Gasteiger partial charge on any atom is -0.448 e. The van der Waals surface area contributed by atoms with E-state index in [1.54, 1.807) is 6.07 Å². The van der Waals surface area contributed by atoms with Crippen LogP contribution in [0.2, 0.25) is 5.22 Å². The molecule has 0 unspecified atom stereocenters. The molecule has 0 bridgehead atoms. The van der Waals surface area contributed by atoms with Crippen LogP contribution in [0.1, 0.15) is 18.6 Å². The van der Waals surface area contributed by atoms with Crippen LogP contribution in [0.4, 0.5) is 0 Å². The number of rotatable bonds is 7. The van der Waals surface area contributed by atoms with E-state index in [9.17, 15) is 0 Å². The third kappa shape index (κ3) is 5.82. The van der Waals surface area contributed by atoms with Gasteiger partial charge in [0.25, 0.3) is 0 Å². The molecule has 0 aliphatic carbocycles. The summed E-state index contributed by atoms with van der Waals surface area (Å²) >= 11 is 5.66. The van der Waals surface area contributed by atoms with E-state index in [0.717, 1.165) is 25.4 Å². The number of nitrogens with zero attached hydrogens (tertiary/aromatic N) is 1. The molecule has 0 radical (unpaired) electrons. The quantitative estimate of drug-likeness (QED) is 0.729. The monoisotopic (exact) mass is 230 g/mol. The number of unbranched alkanes of at least 4 members (excludes halogenated alkanes) is 1. The Morgan fingerprint density at radius 3 is 2.73 bits per heavy atom. The number of furan rings is 1. The minimum atomic E-state index is 0.458. The van der Waals surface area contributed by atoms with Gasteiger partial charge < -0.3 is 14.6 Å². The molecule has 0 amide bonds. The number of nitrogens with one attached hydrogen (secondary N) is 1. The molecule has 1 aromatic heterocycles. The zero-order chi connectivity index (χ0) is 11.1. The SMILES string of the molecule is CN(C)CCCCNCc1ccc(Cl)o1. The summed E-state index contributed by atoms with van der Waals surface area (Å²) in [5, 5.41) is 3.78. The Labute approximate surface area is 96.4 Å². The highest BCUT2D eigenvalue weighted by molar-refractivity contribution is 6.28. The van der Waals surface area contributed by atoms with Crippen LogP contribution in [-0.2, 0) is 6.54 Å². The van der Waals surface area contributed by atoms with Crippen LogP contribution in [0.3, 0.4) is 0 Å². The predicted molar refractivity (Wildman–Crippen MR) is 63.2 cm³/mol. The first-order valence-electron chi connectivity index (χ1n) is 5.28. The van der Waals surface area contributed by atoms with Gasteiger partial charge in [-0.25, -0.2) is 0 Å². The Hall–Kier alpha value is -0.510. The van der Waals surface area contributed by atoms with E-state index < -0.39 is 0 Å². The van der Waals surface area contributed by atoms with E-state index in [-0.39, 0.29) is 0 Å². The zero-order valence-electron chi connectivity index (χ0n) is 9.42. The maximum absolute atomic E-state index is 5.66. The van der Waals surface area contributed by atoms with E-state index in [2.05, 4.69) is 24.3 Å². The van der Waals surface area contributed by atoms with Crippen LogP contribution in [0, 0.1) is 0 Å². The highest BCUT2D eigenvalue weighted by Crippen LogP contribution is 2.12. The standard InChI is InChI=1S/C11H19ClN2O/c1-14(2)8-4-3-7-13-9-10-5-6-11(12)15-10/h5-6,13H,3-4,7-9H2,1-2H3. The molecular weight excluding hydrogens is 212 g/mol. The van der Waals surface area contributed by atoms with Crippen LogP contribution in [-0.4, -0.2) is 32.1 Å². The van der Waals surface area contributed by atoms with Crippen LogP contribution in [0.5, 0.6) is 0 Å². The van der Waals surface area contributed by atoms with E-state index >= 15 is 0 Å². The molecule has 0 fully saturated rings. The average molecular weight is 231 g/mol. The first-order valence-corrected chi connectivity index (χ1v) is 5.66. The maximum atomic E-state index is 5.66. The van der Waals surface area contributed by atoms with Gasteiger partial charge in [0, 0.05) is 0 Å². The van der Waals surface area contributed by atoms with Gasteiger partial charge in [-0.1, -0.05) is 0 Å². The van der Waals surface area contributed by atoms with Gasteiger partial charge in [0.05, 0.1) is 6.54 Å². The van der Waals surface area contributed by atoms with Crippen molar-refractivity contribution in [3.63, 3.8) is 0 Å². The molecule has 0 saturated carbocycles. The fourth-order valence-corrected chi connectivity index (χ4v) is 1.50. The van der Waals surface area contributed by atoms with Crippen molar-refractivity contribution in [2.24, 2.45) is 0 Å². The molecule has 0 saturated heterocycles. The molecule has 1 rings (SSSR count). The third-order valence-corrected chi connectivity index (χ3v) is 2.34. The molecule has 1 N–H and O–H groups in total. The van der Waals surface area contributed by atoms with Crippen molar-refractivity contribution in [1.29, 1.82) is 0 Å². The molecule has 0 spiro atoms. The van der Waals surface area contributed by atoms with Gasteiger partial charge in [-0.15, -0.1) is 0 Å². The summed E-state index contributed by atoms with van der Waals surface area (Å²) in [4.78, 5) is 2.20. The Morgan fingerprint density at radius 2 is 2.13 bits per heavy atom. The lowest BCUT2D eigenvalue weighted by atomic mass is 10.3. The van der Waals surface area contributed by atoms with Crippen molar-refractivity contribution in [1.82, 2.24) is 10.2 Å². The van der Waals surface area contributed by atoms with Gasteiger partial charge in [0.1, 0.15) is 5.76 Å². The summed E-state index contributed by atoms with van der Waals surface area (Å²) in [6.45, 7) is 2.93. The minimum absolute atomic E-state index is 0.458. The highest BCUT2D eigenvalue weighted by Gasteiger charge is 1.98. The van der Waals surface area contributed by atoms with Gasteiger partial charge in [-0.2, -0.15) is 0 Å². The summed E-state index contributed by atoms with van der Waals surface area (Å²) in [7, 11) is 4.19. The second-order valence-corrected chi connectivity index (χ2v) is 4.27. The Kier molecular flexibility index (Phi) is 5.76. The maximum Gasteiger partial charge on any atom is 0.193 e. The van der Waals surface area contributed by atoms with Crippen LogP contribution < -0.4 is 5.32 Å². The van der Waals surface area contributed by atoms with Crippen molar-refractivity contribution >= 4 is 11.6 Å². The molecule has 4 heteroatoms. The fourth-order valence-electron chi connectivity index (χ4n) is 1.34. The van der Waals surface area contributed by atoms with E-state index in [1.165, 1.54) is 12.8 Å². The number of halogens is 1. The molecular formula is C11H19ClN2O. The summed E-state index contributed by atoms with van der Waals surface area (Å²) in [5.41, 5.74) is 0. The molecule has 15 heavy (non-hydrogen) atoms. The van der Waals surface area contributed by atoms with Gasteiger partial charge >= 0.3 is 0 Å². The van der Waals surface area contributed by atoms with Crippen molar-refractivity contribution in [3.05, 3.63) is 23.1 Å². The van der Waals surface area contributed by atoms with Crippen molar-refractivity contribution in [2.75, 3.05) is 27.2 Å². The lowest BCUT2D eigenvalue weighted by Crippen LogP contribution is -2.17. The fraction of sp³-hybridized carbons (Fsp3) is 0.636. The van der Waals surface area contributed by atoms with Crippen molar-refractivity contribution < 1.29 is 4.42 Å². The topological polar surface area (TPSA) is 28.4 Å². The molecule has 0 aromatic carbocycles. The summed E-state index contributed by atoms with van der Waals surface area (Å²) in [5.74, 6) is 0.896. The predicted octanol–water partition coefficient (Wildman–Crippen LogP) is 2.36. The first kappa shape index (κ1) is 12.6. The van der Waals surface area contributed by atoms with Gasteiger partial charge in [0.15, 0.2) is 5.22 Å². The van der Waals surface area contributed by atoms with Crippen LogP contribution >= 0.6 is 11.6 Å². The molecule has 1 heterocycles. The zero-order valence-corrected chi connectivity index (χ0v) is 10.2. The summed E-state index contributed by atoms with van der Waals surface area (Å²) in [6, 6.07) is 3.67. The van der Waals surface area contributed by atoms with Gasteiger partial charge in [-0.3, -0.25) is 0 Å². The van der Waals surface area contributed by atoms with Crippen molar-refractivity contribution in [2.45, 2.75) is 19.4 Å². The summed E-state index contributed by atoms with van der Waals surface area (Å²) in [6.07, 6.45) is 2.41. The summed E-state index contributed by atoms with van der Waals surface area (Å²) < 4.78 is 5.22. The van der Waals surface area contributed by atoms with Gasteiger partial charge in [-0.05, 0) is 63.8 Å². The molecule has 3 nitrogen and oxygen atoms in total. The number of hydrogen-bond acceptors (Lipinski definition) is 3. The normalized spacial score (nSPS) is 11.2. The first-order chi connectivity index (χ1) is 7.18. The van der Waals surface area contributed by atoms with E-state index in [1.807, 2.05) is 6.07 Å². The molecule has 1 aromatic rings.